The topological polar surface area (TPSA) is 57.5 Å². The minimum atomic E-state index is 0. The Hall–Kier alpha value is -0.830. The van der Waals surface area contributed by atoms with Crippen LogP contribution in [0.2, 0.25) is 0 Å². The van der Waals surface area contributed by atoms with Crippen LogP contribution in [0.1, 0.15) is 63.4 Å². The van der Waals surface area contributed by atoms with Crippen LogP contribution in [0.4, 0.5) is 0 Å². The molecule has 7 heteroatoms. The van der Waals surface area contributed by atoms with Gasteiger partial charge in [-0.15, -0.1) is 24.0 Å². The van der Waals surface area contributed by atoms with Crippen molar-refractivity contribution in [1.29, 1.82) is 0 Å². The zero-order chi connectivity index (χ0) is 18.9. The molecule has 1 aliphatic heterocycles. The van der Waals surface area contributed by atoms with Crippen molar-refractivity contribution in [3.05, 3.63) is 17.0 Å². The van der Waals surface area contributed by atoms with Crippen molar-refractivity contribution in [2.45, 2.75) is 71.9 Å². The second-order valence-electron chi connectivity index (χ2n) is 7.29. The van der Waals surface area contributed by atoms with E-state index < -0.39 is 0 Å². The van der Waals surface area contributed by atoms with Crippen LogP contribution in [0.5, 0.6) is 0 Å². The van der Waals surface area contributed by atoms with Crippen LogP contribution in [0.3, 0.4) is 0 Å². The Balaban J connectivity index is 0.00000364. The van der Waals surface area contributed by atoms with Gasteiger partial charge in [-0.1, -0.05) is 20.3 Å². The number of hydrogen-bond acceptors (Lipinski definition) is 3. The fraction of sp³-hybridized carbons (Fsp3) is 0.800. The molecule has 0 aromatic carbocycles. The molecular formula is C20H39IN6. The third-order valence-electron chi connectivity index (χ3n) is 5.54. The van der Waals surface area contributed by atoms with Gasteiger partial charge in [0.25, 0.3) is 0 Å². The zero-order valence-electron chi connectivity index (χ0n) is 17.8. The summed E-state index contributed by atoms with van der Waals surface area (Å²) >= 11 is 0. The summed E-state index contributed by atoms with van der Waals surface area (Å²) in [6, 6.07) is 0.742. The van der Waals surface area contributed by atoms with Gasteiger partial charge in [-0.3, -0.25) is 9.67 Å². The molecule has 0 spiro atoms. The van der Waals surface area contributed by atoms with Crippen molar-refractivity contribution >= 4 is 29.9 Å². The number of nitrogens with one attached hydrogen (secondary N) is 2. The maximum atomic E-state index is 4.65. The average molecular weight is 490 g/mol. The highest BCUT2D eigenvalue weighted by Gasteiger charge is 2.17. The van der Waals surface area contributed by atoms with Gasteiger partial charge in [-0.25, -0.2) is 0 Å². The first kappa shape index (κ1) is 24.2. The summed E-state index contributed by atoms with van der Waals surface area (Å²) in [5.74, 6) is 0.879. The Labute approximate surface area is 182 Å². The maximum Gasteiger partial charge on any atom is 0.191 e. The van der Waals surface area contributed by atoms with Gasteiger partial charge in [-0.2, -0.15) is 5.10 Å². The van der Waals surface area contributed by atoms with Crippen LogP contribution in [-0.2, 0) is 26.4 Å². The summed E-state index contributed by atoms with van der Waals surface area (Å²) in [6.07, 6.45) is 7.21. The molecule has 2 rings (SSSR count). The molecule has 0 radical (unpaired) electrons. The summed E-state index contributed by atoms with van der Waals surface area (Å²) in [5, 5.41) is 11.6. The number of aliphatic imine (C=N–C) groups is 1. The summed E-state index contributed by atoms with van der Waals surface area (Å²) in [7, 11) is 3.88. The molecule has 1 fully saturated rings. The van der Waals surface area contributed by atoms with Crippen LogP contribution in [0.15, 0.2) is 4.99 Å². The van der Waals surface area contributed by atoms with Crippen molar-refractivity contribution in [2.24, 2.45) is 12.0 Å². The van der Waals surface area contributed by atoms with Crippen molar-refractivity contribution in [2.75, 3.05) is 26.7 Å². The van der Waals surface area contributed by atoms with Crippen LogP contribution < -0.4 is 10.6 Å². The van der Waals surface area contributed by atoms with Crippen molar-refractivity contribution in [3.63, 3.8) is 0 Å². The number of rotatable bonds is 8. The molecule has 156 valence electrons. The highest BCUT2D eigenvalue weighted by Crippen LogP contribution is 2.16. The molecule has 2 heterocycles. The van der Waals surface area contributed by atoms with E-state index in [4.69, 9.17) is 0 Å². The molecular weight excluding hydrogens is 451 g/mol. The minimum absolute atomic E-state index is 0. The molecule has 0 bridgehead atoms. The first-order chi connectivity index (χ1) is 12.6. The summed E-state index contributed by atoms with van der Waals surface area (Å²) in [6.45, 7) is 10.9. The van der Waals surface area contributed by atoms with Gasteiger partial charge in [0.2, 0.25) is 0 Å². The average Bonchev–Trinajstić information content (AvgIpc) is 2.97. The highest BCUT2D eigenvalue weighted by molar-refractivity contribution is 14.0. The molecule has 1 aromatic rings. The molecule has 27 heavy (non-hydrogen) atoms. The monoisotopic (exact) mass is 490 g/mol. The number of likely N-dealkylation sites (tertiary alicyclic amines) is 1. The van der Waals surface area contributed by atoms with Crippen LogP contribution in [0.25, 0.3) is 0 Å². The Morgan fingerprint density at radius 3 is 2.63 bits per heavy atom. The normalized spacial score (nSPS) is 18.3. The molecule has 1 saturated heterocycles. The van der Waals surface area contributed by atoms with Gasteiger partial charge in [-0.05, 0) is 45.6 Å². The Bertz CT molecular complexity index is 583. The van der Waals surface area contributed by atoms with E-state index in [0.29, 0.717) is 0 Å². The van der Waals surface area contributed by atoms with E-state index >= 15 is 0 Å². The van der Waals surface area contributed by atoms with E-state index in [9.17, 15) is 0 Å². The van der Waals surface area contributed by atoms with Gasteiger partial charge < -0.3 is 15.5 Å². The summed E-state index contributed by atoms with van der Waals surface area (Å²) in [4.78, 5) is 7.00. The number of aromatic nitrogens is 2. The number of halogens is 1. The molecule has 0 amide bonds. The number of piperidine rings is 1. The minimum Gasteiger partial charge on any atom is -0.356 e. The quantitative estimate of drug-likeness (QED) is 0.255. The summed E-state index contributed by atoms with van der Waals surface area (Å²) in [5.41, 5.74) is 3.82. The van der Waals surface area contributed by atoms with Gasteiger partial charge in [0.1, 0.15) is 0 Å². The second-order valence-corrected chi connectivity index (χ2v) is 7.29. The van der Waals surface area contributed by atoms with Gasteiger partial charge in [0, 0.05) is 51.0 Å². The van der Waals surface area contributed by atoms with Gasteiger partial charge in [0.05, 0.1) is 5.69 Å². The third-order valence-corrected chi connectivity index (χ3v) is 5.54. The lowest BCUT2D eigenvalue weighted by molar-refractivity contribution is 0.159. The molecule has 2 N–H and O–H groups in total. The Morgan fingerprint density at radius 2 is 2.00 bits per heavy atom. The molecule has 6 nitrogen and oxygen atoms in total. The lowest BCUT2D eigenvalue weighted by Crippen LogP contribution is -2.41. The highest BCUT2D eigenvalue weighted by atomic mass is 127. The SMILES string of the molecule is CCc1nn(C)c(CC)c1CNC(=NC)NCCCN1CCCCC1C.I. The first-order valence-electron chi connectivity index (χ1n) is 10.3. The number of nitrogens with zero attached hydrogens (tertiary/aromatic N) is 4. The third kappa shape index (κ3) is 6.93. The van der Waals surface area contributed by atoms with Crippen molar-refractivity contribution < 1.29 is 0 Å². The standard InChI is InChI=1S/C20H38N6.HI/c1-6-18-17(19(7-2)25(5)24-18)15-23-20(21-4)22-12-10-14-26-13-9-8-11-16(26)3;/h16H,6-15H2,1-5H3,(H2,21,22,23);1H. The fourth-order valence-corrected chi connectivity index (χ4v) is 3.97. The van der Waals surface area contributed by atoms with E-state index in [-0.39, 0.29) is 24.0 Å². The maximum absolute atomic E-state index is 4.65. The van der Waals surface area contributed by atoms with E-state index in [1.807, 2.05) is 18.8 Å². The Kier molecular flexibility index (Phi) is 11.3. The molecule has 1 aliphatic rings. The van der Waals surface area contributed by atoms with E-state index in [1.165, 1.54) is 49.3 Å². The molecule has 0 aliphatic carbocycles. The van der Waals surface area contributed by atoms with Crippen molar-refractivity contribution in [1.82, 2.24) is 25.3 Å². The molecule has 1 atom stereocenters. The lowest BCUT2D eigenvalue weighted by Gasteiger charge is -2.33. The molecule has 0 saturated carbocycles. The number of aryl methyl sites for hydroxylation is 2. The van der Waals surface area contributed by atoms with E-state index in [2.05, 4.69) is 46.4 Å². The number of hydrogen-bond donors (Lipinski definition) is 2. The predicted octanol–water partition coefficient (Wildman–Crippen LogP) is 3.09. The molecule has 1 aromatic heterocycles. The van der Waals surface area contributed by atoms with Gasteiger partial charge >= 0.3 is 0 Å². The molecule has 1 unspecified atom stereocenters. The number of guanidine groups is 1. The smallest absolute Gasteiger partial charge is 0.191 e. The van der Waals surface area contributed by atoms with Crippen molar-refractivity contribution in [3.8, 4) is 0 Å². The second kappa shape index (κ2) is 12.6. The Morgan fingerprint density at radius 1 is 1.22 bits per heavy atom. The van der Waals surface area contributed by atoms with Crippen LogP contribution >= 0.6 is 24.0 Å². The van der Waals surface area contributed by atoms with Crippen LogP contribution in [0, 0.1) is 0 Å². The van der Waals surface area contributed by atoms with Crippen LogP contribution in [-0.4, -0.2) is 53.4 Å². The fourth-order valence-electron chi connectivity index (χ4n) is 3.97. The summed E-state index contributed by atoms with van der Waals surface area (Å²) < 4.78 is 2.02. The largest absolute Gasteiger partial charge is 0.356 e. The predicted molar refractivity (Wildman–Crippen MR) is 125 cm³/mol. The first-order valence-corrected chi connectivity index (χ1v) is 10.3. The zero-order valence-corrected chi connectivity index (χ0v) is 20.2. The van der Waals surface area contributed by atoms with Gasteiger partial charge in [0.15, 0.2) is 5.96 Å². The van der Waals surface area contributed by atoms with E-state index in [1.54, 1.807) is 0 Å². The lowest BCUT2D eigenvalue weighted by atomic mass is 10.0. The van der Waals surface area contributed by atoms with E-state index in [0.717, 1.165) is 44.4 Å².